The number of aryl methyl sites for hydroxylation is 1. The molecule has 1 heterocycles. The predicted octanol–water partition coefficient (Wildman–Crippen LogP) is 3.16. The molecule has 0 aliphatic carbocycles. The van der Waals surface area contributed by atoms with Crippen molar-refractivity contribution in [1.29, 1.82) is 0 Å². The molecule has 2 nitrogen and oxygen atoms in total. The van der Waals surface area contributed by atoms with Gasteiger partial charge >= 0.3 is 0 Å². The highest BCUT2D eigenvalue weighted by Crippen LogP contribution is 2.19. The van der Waals surface area contributed by atoms with Gasteiger partial charge in [-0.15, -0.1) is 0 Å². The number of piperidine rings is 1. The highest BCUT2D eigenvalue weighted by Gasteiger charge is 2.17. The van der Waals surface area contributed by atoms with Gasteiger partial charge in [0.25, 0.3) is 0 Å². The highest BCUT2D eigenvalue weighted by molar-refractivity contribution is 6.31. The summed E-state index contributed by atoms with van der Waals surface area (Å²) < 4.78 is 0. The number of carbonyl (C=O) groups is 1. The second-order valence-electron chi connectivity index (χ2n) is 4.36. The topological polar surface area (TPSA) is 20.3 Å². The molecule has 1 saturated heterocycles. The van der Waals surface area contributed by atoms with Gasteiger partial charge in [0, 0.05) is 24.5 Å². The molecular weight excluding hydrogens is 222 g/mol. The molecule has 0 unspecified atom stereocenters. The first-order valence-corrected chi connectivity index (χ1v) is 6.07. The van der Waals surface area contributed by atoms with E-state index in [4.69, 9.17) is 11.6 Å². The van der Waals surface area contributed by atoms with Gasteiger partial charge in [0.05, 0.1) is 0 Å². The van der Waals surface area contributed by atoms with Gasteiger partial charge in [0.2, 0.25) is 5.91 Å². The lowest BCUT2D eigenvalue weighted by Crippen LogP contribution is -2.34. The highest BCUT2D eigenvalue weighted by atomic mass is 35.5. The zero-order valence-corrected chi connectivity index (χ0v) is 10.3. The summed E-state index contributed by atoms with van der Waals surface area (Å²) in [6.07, 6.45) is 2.86. The van der Waals surface area contributed by atoms with E-state index < -0.39 is 0 Å². The molecule has 16 heavy (non-hydrogen) atoms. The minimum absolute atomic E-state index is 0.277. The Bertz CT molecular complexity index is 403. The third-order valence-corrected chi connectivity index (χ3v) is 3.44. The number of amides is 1. The number of rotatable bonds is 2. The lowest BCUT2D eigenvalue weighted by Gasteiger charge is -2.26. The Balaban J connectivity index is 2.08. The van der Waals surface area contributed by atoms with Gasteiger partial charge in [-0.25, -0.2) is 0 Å². The van der Waals surface area contributed by atoms with Crippen LogP contribution in [0.2, 0.25) is 5.02 Å². The second-order valence-corrected chi connectivity index (χ2v) is 4.76. The average Bonchev–Trinajstić information content (AvgIpc) is 2.27. The molecule has 0 N–H and O–H groups in total. The van der Waals surface area contributed by atoms with Crippen LogP contribution in [0.3, 0.4) is 0 Å². The molecule has 0 atom stereocenters. The number of benzene rings is 1. The van der Waals surface area contributed by atoms with Crippen LogP contribution in [0.4, 0.5) is 0 Å². The Morgan fingerprint density at radius 2 is 2.19 bits per heavy atom. The molecule has 0 bridgehead atoms. The van der Waals surface area contributed by atoms with E-state index in [1.165, 1.54) is 0 Å². The van der Waals surface area contributed by atoms with E-state index in [-0.39, 0.29) is 5.91 Å². The molecule has 0 spiro atoms. The number of carbonyl (C=O) groups excluding carboxylic acids is 1. The molecule has 1 aliphatic rings. The fraction of sp³-hybridized carbons (Fsp3) is 0.462. The molecule has 2 rings (SSSR count). The van der Waals surface area contributed by atoms with Gasteiger partial charge in [-0.2, -0.15) is 0 Å². The van der Waals surface area contributed by atoms with Gasteiger partial charge in [-0.1, -0.05) is 23.7 Å². The van der Waals surface area contributed by atoms with Crippen LogP contribution >= 0.6 is 11.6 Å². The van der Waals surface area contributed by atoms with Crippen molar-refractivity contribution >= 4 is 17.5 Å². The SMILES string of the molecule is Cc1cc(CN2CCCCC2=O)ccc1Cl. The van der Waals surface area contributed by atoms with E-state index in [0.29, 0.717) is 6.42 Å². The predicted molar refractivity (Wildman–Crippen MR) is 65.5 cm³/mol. The van der Waals surface area contributed by atoms with Crippen molar-refractivity contribution in [2.75, 3.05) is 6.54 Å². The Labute approximate surface area is 101 Å². The average molecular weight is 238 g/mol. The van der Waals surface area contributed by atoms with E-state index in [1.807, 2.05) is 24.0 Å². The summed E-state index contributed by atoms with van der Waals surface area (Å²) in [6.45, 7) is 3.60. The lowest BCUT2D eigenvalue weighted by molar-refractivity contribution is -0.133. The van der Waals surface area contributed by atoms with Crippen LogP contribution in [-0.2, 0) is 11.3 Å². The van der Waals surface area contributed by atoms with Gasteiger partial charge in [-0.3, -0.25) is 4.79 Å². The van der Waals surface area contributed by atoms with Crippen LogP contribution in [0.1, 0.15) is 30.4 Å². The molecule has 3 heteroatoms. The molecule has 0 aromatic heterocycles. The number of hydrogen-bond acceptors (Lipinski definition) is 1. The van der Waals surface area contributed by atoms with Crippen molar-refractivity contribution in [3.63, 3.8) is 0 Å². The van der Waals surface area contributed by atoms with E-state index in [1.54, 1.807) is 0 Å². The standard InChI is InChI=1S/C13H16ClNO/c1-10-8-11(5-6-12(10)14)9-15-7-3-2-4-13(15)16/h5-6,8H,2-4,7,9H2,1H3. The van der Waals surface area contributed by atoms with E-state index in [0.717, 1.165) is 42.1 Å². The summed E-state index contributed by atoms with van der Waals surface area (Å²) in [6, 6.07) is 5.96. The first-order valence-electron chi connectivity index (χ1n) is 5.69. The zero-order chi connectivity index (χ0) is 11.5. The lowest BCUT2D eigenvalue weighted by atomic mass is 10.1. The third-order valence-electron chi connectivity index (χ3n) is 3.02. The van der Waals surface area contributed by atoms with Crippen molar-refractivity contribution < 1.29 is 4.79 Å². The molecule has 1 aromatic rings. The van der Waals surface area contributed by atoms with Crippen LogP contribution in [0.5, 0.6) is 0 Å². The van der Waals surface area contributed by atoms with Crippen molar-refractivity contribution in [3.8, 4) is 0 Å². The smallest absolute Gasteiger partial charge is 0.222 e. The fourth-order valence-corrected chi connectivity index (χ4v) is 2.17. The third kappa shape index (κ3) is 2.56. The Kier molecular flexibility index (Phi) is 3.49. The van der Waals surface area contributed by atoms with Gasteiger partial charge in [0.15, 0.2) is 0 Å². The van der Waals surface area contributed by atoms with Gasteiger partial charge in [-0.05, 0) is 37.0 Å². The van der Waals surface area contributed by atoms with Crippen LogP contribution in [0, 0.1) is 6.92 Å². The molecule has 1 amide bonds. The summed E-state index contributed by atoms with van der Waals surface area (Å²) in [5, 5.41) is 0.786. The molecule has 0 saturated carbocycles. The normalized spacial score (nSPS) is 16.6. The minimum atomic E-state index is 0.277. The maximum absolute atomic E-state index is 11.7. The van der Waals surface area contributed by atoms with Crippen LogP contribution in [0.25, 0.3) is 0 Å². The summed E-state index contributed by atoms with van der Waals surface area (Å²) in [7, 11) is 0. The monoisotopic (exact) mass is 237 g/mol. The molecule has 1 aliphatic heterocycles. The first-order chi connectivity index (χ1) is 7.66. The summed E-state index contributed by atoms with van der Waals surface area (Å²) in [5.74, 6) is 0.277. The number of nitrogens with zero attached hydrogens (tertiary/aromatic N) is 1. The molecule has 1 fully saturated rings. The van der Waals surface area contributed by atoms with E-state index in [2.05, 4.69) is 6.07 Å². The van der Waals surface area contributed by atoms with Crippen molar-refractivity contribution in [2.24, 2.45) is 0 Å². The number of hydrogen-bond donors (Lipinski definition) is 0. The number of halogens is 1. The fourth-order valence-electron chi connectivity index (χ4n) is 2.05. The summed E-state index contributed by atoms with van der Waals surface area (Å²) in [4.78, 5) is 13.6. The van der Waals surface area contributed by atoms with Crippen LogP contribution < -0.4 is 0 Å². The zero-order valence-electron chi connectivity index (χ0n) is 9.50. The molecule has 0 radical (unpaired) electrons. The van der Waals surface area contributed by atoms with Crippen LogP contribution in [-0.4, -0.2) is 17.4 Å². The molecule has 1 aromatic carbocycles. The van der Waals surface area contributed by atoms with Crippen molar-refractivity contribution in [3.05, 3.63) is 34.3 Å². The quantitative estimate of drug-likeness (QED) is 0.774. The number of likely N-dealkylation sites (tertiary alicyclic amines) is 1. The summed E-state index contributed by atoms with van der Waals surface area (Å²) in [5.41, 5.74) is 2.24. The Morgan fingerprint density at radius 3 is 2.88 bits per heavy atom. The molecular formula is C13H16ClNO. The second kappa shape index (κ2) is 4.88. The Hall–Kier alpha value is -1.02. The Morgan fingerprint density at radius 1 is 1.38 bits per heavy atom. The van der Waals surface area contributed by atoms with E-state index in [9.17, 15) is 4.79 Å². The minimum Gasteiger partial charge on any atom is -0.338 e. The summed E-state index contributed by atoms with van der Waals surface area (Å²) >= 11 is 5.97. The maximum Gasteiger partial charge on any atom is 0.222 e. The van der Waals surface area contributed by atoms with Crippen molar-refractivity contribution in [2.45, 2.75) is 32.7 Å². The first kappa shape index (κ1) is 11.5. The van der Waals surface area contributed by atoms with Gasteiger partial charge in [0.1, 0.15) is 0 Å². The van der Waals surface area contributed by atoms with E-state index >= 15 is 0 Å². The van der Waals surface area contributed by atoms with Gasteiger partial charge < -0.3 is 4.90 Å². The largest absolute Gasteiger partial charge is 0.338 e. The maximum atomic E-state index is 11.7. The molecule has 86 valence electrons. The van der Waals surface area contributed by atoms with Crippen LogP contribution in [0.15, 0.2) is 18.2 Å². The van der Waals surface area contributed by atoms with Crippen molar-refractivity contribution in [1.82, 2.24) is 4.90 Å².